The summed E-state index contributed by atoms with van der Waals surface area (Å²) >= 11 is 3.67. The smallest absolute Gasteiger partial charge is 0.388 e. The molecule has 1 saturated carbocycles. The van der Waals surface area contributed by atoms with Crippen LogP contribution < -0.4 is 0 Å². The van der Waals surface area contributed by atoms with Crippen LogP contribution in [0.4, 0.5) is 0 Å². The fourth-order valence-corrected chi connectivity index (χ4v) is 11.8. The number of halogens is 1. The first-order chi connectivity index (χ1) is 15.5. The summed E-state index contributed by atoms with van der Waals surface area (Å²) in [7, 11) is 9.13. The van der Waals surface area contributed by atoms with Gasteiger partial charge < -0.3 is 14.6 Å². The quantitative estimate of drug-likeness (QED) is 0.372. The average Bonchev–Trinajstić information content (AvgIpc) is 3.55. The highest BCUT2D eigenvalue weighted by Crippen LogP contribution is 2.73. The van der Waals surface area contributed by atoms with Gasteiger partial charge in [0, 0.05) is 37.7 Å². The van der Waals surface area contributed by atoms with E-state index in [9.17, 15) is 5.11 Å². The molecule has 2 saturated heterocycles. The van der Waals surface area contributed by atoms with Crippen molar-refractivity contribution in [1.82, 2.24) is 9.34 Å². The Morgan fingerprint density at radius 2 is 1.59 bits per heavy atom. The number of hydrogen-bond donors (Lipinski definition) is 1. The lowest BCUT2D eigenvalue weighted by atomic mass is 9.94. The maximum absolute atomic E-state index is 11.6. The van der Waals surface area contributed by atoms with Crippen LogP contribution in [0, 0.1) is 5.92 Å². The summed E-state index contributed by atoms with van der Waals surface area (Å²) in [6, 6.07) is 8.83. The molecule has 0 aromatic heterocycles. The van der Waals surface area contributed by atoms with Crippen LogP contribution in [0.3, 0.4) is 0 Å². The van der Waals surface area contributed by atoms with Gasteiger partial charge in [0.05, 0.1) is 37.1 Å². The van der Waals surface area contributed by atoms with E-state index in [2.05, 4.69) is 25.3 Å². The molecule has 5 atom stereocenters. The Bertz CT molecular complexity index is 736. The van der Waals surface area contributed by atoms with Crippen LogP contribution in [0.1, 0.15) is 56.6 Å². The first-order valence-electron chi connectivity index (χ1n) is 12.1. The molecular formula is C24H38BBrN2O3P+. The number of aliphatic hydroxyl groups is 1. The first kappa shape index (κ1) is 25.1. The van der Waals surface area contributed by atoms with Crippen molar-refractivity contribution in [3.8, 4) is 0 Å². The zero-order valence-corrected chi connectivity index (χ0v) is 22.0. The van der Waals surface area contributed by atoms with Crippen molar-refractivity contribution < 1.29 is 14.6 Å². The zero-order valence-electron chi connectivity index (χ0n) is 19.5. The Kier molecular flexibility index (Phi) is 8.75. The van der Waals surface area contributed by atoms with E-state index in [0.717, 1.165) is 68.4 Å². The van der Waals surface area contributed by atoms with Crippen LogP contribution in [-0.2, 0) is 9.47 Å². The second-order valence-corrected chi connectivity index (χ2v) is 13.6. The molecule has 32 heavy (non-hydrogen) atoms. The van der Waals surface area contributed by atoms with E-state index in [4.69, 9.17) is 17.0 Å². The lowest BCUT2D eigenvalue weighted by Gasteiger charge is -2.48. The lowest BCUT2D eigenvalue weighted by molar-refractivity contribution is 0.106. The van der Waals surface area contributed by atoms with Crippen molar-refractivity contribution in [1.29, 1.82) is 0 Å². The number of nitrogens with zero attached hydrogens (tertiary/aromatic N) is 2. The van der Waals surface area contributed by atoms with Gasteiger partial charge in [-0.05, 0) is 56.6 Å². The van der Waals surface area contributed by atoms with Crippen molar-refractivity contribution in [3.05, 3.63) is 34.3 Å². The molecule has 5 nitrogen and oxygen atoms in total. The van der Waals surface area contributed by atoms with Gasteiger partial charge >= 0.3 is 7.57 Å². The van der Waals surface area contributed by atoms with E-state index in [-0.39, 0.29) is 5.92 Å². The molecule has 8 heteroatoms. The van der Waals surface area contributed by atoms with Gasteiger partial charge in [0.15, 0.2) is 0 Å². The van der Waals surface area contributed by atoms with Crippen molar-refractivity contribution in [3.63, 3.8) is 0 Å². The van der Waals surface area contributed by atoms with E-state index in [0.29, 0.717) is 17.7 Å². The third kappa shape index (κ3) is 4.73. The van der Waals surface area contributed by atoms with Crippen molar-refractivity contribution >= 4 is 30.9 Å². The predicted molar refractivity (Wildman–Crippen MR) is 136 cm³/mol. The van der Waals surface area contributed by atoms with Gasteiger partial charge in [-0.3, -0.25) is 0 Å². The van der Waals surface area contributed by atoms with Crippen LogP contribution in [0.25, 0.3) is 0 Å². The molecule has 176 valence electrons. The summed E-state index contributed by atoms with van der Waals surface area (Å²) in [4.78, 5) is 0. The van der Waals surface area contributed by atoms with Gasteiger partial charge in [0.25, 0.3) is 0 Å². The monoisotopic (exact) mass is 523 g/mol. The SMILES string of the molecule is [B][P+](C1CCCC1[C@@H](O)c1ccccc1Br)(N1CCC[C@H]1COC)N1CCC[C@H]1COC. The van der Waals surface area contributed by atoms with Crippen LogP contribution in [0.15, 0.2) is 28.7 Å². The molecule has 0 spiro atoms. The lowest BCUT2D eigenvalue weighted by Crippen LogP contribution is -2.49. The van der Waals surface area contributed by atoms with E-state index >= 15 is 0 Å². The van der Waals surface area contributed by atoms with Crippen LogP contribution in [0.2, 0.25) is 0 Å². The molecule has 3 aliphatic rings. The summed E-state index contributed by atoms with van der Waals surface area (Å²) in [6.45, 7) is 3.52. The van der Waals surface area contributed by atoms with Gasteiger partial charge in [0.1, 0.15) is 7.44 Å². The van der Waals surface area contributed by atoms with Crippen LogP contribution in [0.5, 0.6) is 0 Å². The van der Waals surface area contributed by atoms with Gasteiger partial charge in [-0.25, -0.2) is 0 Å². The Hall–Kier alpha value is -0.00506. The Labute approximate surface area is 204 Å². The first-order valence-corrected chi connectivity index (χ1v) is 14.8. The van der Waals surface area contributed by atoms with Gasteiger partial charge in [0.2, 0.25) is 0 Å². The zero-order chi connectivity index (χ0) is 22.7. The largest absolute Gasteiger partial charge is 0.409 e. The normalized spacial score (nSPS) is 30.9. The predicted octanol–water partition coefficient (Wildman–Crippen LogP) is 4.80. The maximum atomic E-state index is 11.6. The van der Waals surface area contributed by atoms with E-state index < -0.39 is 13.5 Å². The average molecular weight is 524 g/mol. The number of hydrogen-bond acceptors (Lipinski definition) is 5. The number of methoxy groups -OCH3 is 2. The molecule has 0 bridgehead atoms. The Morgan fingerprint density at radius 3 is 2.16 bits per heavy atom. The summed E-state index contributed by atoms with van der Waals surface area (Å²) < 4.78 is 17.5. The van der Waals surface area contributed by atoms with Gasteiger partial charge in [-0.1, -0.05) is 34.1 Å². The summed E-state index contributed by atoms with van der Waals surface area (Å²) in [5.41, 5.74) is 1.28. The highest BCUT2D eigenvalue weighted by Gasteiger charge is 2.62. The van der Waals surface area contributed by atoms with Crippen molar-refractivity contribution in [2.24, 2.45) is 5.92 Å². The number of rotatable bonds is 9. The third-order valence-corrected chi connectivity index (χ3v) is 12.9. The topological polar surface area (TPSA) is 45.2 Å². The minimum atomic E-state index is -2.20. The molecular weight excluding hydrogens is 486 g/mol. The molecule has 4 rings (SSSR count). The van der Waals surface area contributed by atoms with E-state index in [1.54, 1.807) is 14.2 Å². The minimum absolute atomic E-state index is 0.166. The number of benzene rings is 1. The van der Waals surface area contributed by atoms with Gasteiger partial charge in [-0.2, -0.15) is 9.34 Å². The van der Waals surface area contributed by atoms with Crippen LogP contribution >= 0.6 is 23.4 Å². The fraction of sp³-hybridized carbons (Fsp3) is 0.750. The fourth-order valence-electron chi connectivity index (χ4n) is 6.49. The molecule has 1 N–H and O–H groups in total. The molecule has 2 aliphatic heterocycles. The maximum Gasteiger partial charge on any atom is 0.409 e. The van der Waals surface area contributed by atoms with Gasteiger partial charge in [-0.15, -0.1) is 0 Å². The molecule has 2 heterocycles. The van der Waals surface area contributed by atoms with Crippen LogP contribution in [-0.4, -0.2) is 80.3 Å². The van der Waals surface area contributed by atoms with Crippen molar-refractivity contribution in [2.75, 3.05) is 40.5 Å². The molecule has 1 aromatic rings. The minimum Gasteiger partial charge on any atom is -0.388 e. The van der Waals surface area contributed by atoms with E-state index in [1.807, 2.05) is 24.3 Å². The standard InChI is InChI=1S/C24H38BBrN2O3P/c1-30-16-18-8-6-14-27(18)32(25,28-15-7-9-19(28)17-31-2)23-13-5-11-21(23)24(29)20-10-3-4-12-22(20)26/h3-4,10,12,18-19,21,23-24,29H,5-9,11,13-17H2,1-2H3/q+1/t18-,19-,21?,23?,24-/m0/s1. The summed E-state index contributed by atoms with van der Waals surface area (Å²) in [5.74, 6) is 0.166. The summed E-state index contributed by atoms with van der Waals surface area (Å²) in [5, 5.41) is 11.6. The molecule has 1 aliphatic carbocycles. The molecule has 1 aromatic carbocycles. The van der Waals surface area contributed by atoms with E-state index in [1.165, 1.54) is 12.8 Å². The second-order valence-electron chi connectivity index (χ2n) is 9.66. The number of ether oxygens (including phenoxy) is 2. The third-order valence-electron chi connectivity index (χ3n) is 7.88. The highest BCUT2D eigenvalue weighted by atomic mass is 79.9. The molecule has 2 radical (unpaired) electrons. The highest BCUT2D eigenvalue weighted by molar-refractivity contribution is 9.10. The molecule has 3 fully saturated rings. The molecule has 2 unspecified atom stereocenters. The number of aliphatic hydroxyl groups excluding tert-OH is 1. The Balaban J connectivity index is 1.71. The Morgan fingerprint density at radius 1 is 1.00 bits per heavy atom. The molecule has 0 amide bonds. The second kappa shape index (κ2) is 11.2. The van der Waals surface area contributed by atoms with Crippen molar-refractivity contribution in [2.45, 2.75) is 68.8 Å². The summed E-state index contributed by atoms with van der Waals surface area (Å²) in [6.07, 6.45) is 7.34.